The van der Waals surface area contributed by atoms with E-state index in [1.807, 2.05) is 18.2 Å². The van der Waals surface area contributed by atoms with Crippen molar-refractivity contribution < 1.29 is 14.7 Å². The van der Waals surface area contributed by atoms with E-state index in [0.717, 1.165) is 67.6 Å². The molecule has 2 atom stereocenters. The number of nitrogens with two attached hydrogens (primary N) is 1. The number of hydrogen-bond donors (Lipinski definition) is 5. The van der Waals surface area contributed by atoms with E-state index in [9.17, 15) is 9.59 Å². The standard InChI is InChI=1S/C29H39N9O3/c1-2-3-11-26-32-25(10-6-7-18-31-27(39)17-16-24(30)29(40)41)35-38(26)19-20-12-14-21(15-13-20)22-8-4-5-9-23(22)28-33-36-37-34-28/h4-5,8-9,12-15,24,26H,2-3,6-7,10-11,16-19,30H2,1H3,(H,31,39)(H,32,35)(H,40,41)(H,33,34,36,37). The number of rotatable bonds is 16. The average molecular weight is 562 g/mol. The number of H-pyrrole nitrogens is 1. The molecule has 12 nitrogen and oxygen atoms in total. The van der Waals surface area contributed by atoms with Crippen molar-refractivity contribution in [3.63, 3.8) is 0 Å². The second kappa shape index (κ2) is 15.0. The molecule has 3 aromatic rings. The van der Waals surface area contributed by atoms with E-state index in [1.165, 1.54) is 5.56 Å². The highest BCUT2D eigenvalue weighted by Gasteiger charge is 2.25. The van der Waals surface area contributed by atoms with Gasteiger partial charge in [0, 0.05) is 31.5 Å². The molecule has 2 heterocycles. The quantitative estimate of drug-likeness (QED) is 0.164. The summed E-state index contributed by atoms with van der Waals surface area (Å²) in [5, 5.41) is 28.4. The highest BCUT2D eigenvalue weighted by atomic mass is 16.4. The Labute approximate surface area is 239 Å². The summed E-state index contributed by atoms with van der Waals surface area (Å²) in [4.78, 5) is 27.6. The van der Waals surface area contributed by atoms with Gasteiger partial charge in [-0.3, -0.25) is 14.6 Å². The summed E-state index contributed by atoms with van der Waals surface area (Å²) in [5.74, 6) is 0.273. The van der Waals surface area contributed by atoms with E-state index < -0.39 is 12.0 Å². The molecule has 0 bridgehead atoms. The fraction of sp³-hybridized carbons (Fsp3) is 0.448. The maximum atomic E-state index is 11.9. The zero-order chi connectivity index (χ0) is 29.0. The van der Waals surface area contributed by atoms with Crippen LogP contribution in [0.15, 0.2) is 53.5 Å². The van der Waals surface area contributed by atoms with Crippen molar-refractivity contribution >= 4 is 17.7 Å². The van der Waals surface area contributed by atoms with Gasteiger partial charge in [0.1, 0.15) is 18.0 Å². The van der Waals surface area contributed by atoms with Gasteiger partial charge in [0.25, 0.3) is 0 Å². The Bertz CT molecular complexity index is 1300. The lowest BCUT2D eigenvalue weighted by atomic mass is 9.98. The Kier molecular flexibility index (Phi) is 10.9. The normalized spacial score (nSPS) is 15.8. The first kappa shape index (κ1) is 29.8. The van der Waals surface area contributed by atoms with Gasteiger partial charge in [-0.25, -0.2) is 0 Å². The lowest BCUT2D eigenvalue weighted by molar-refractivity contribution is -0.138. The average Bonchev–Trinajstić information content (AvgIpc) is 3.65. The van der Waals surface area contributed by atoms with Crippen LogP contribution in [0.5, 0.6) is 0 Å². The van der Waals surface area contributed by atoms with E-state index in [4.69, 9.17) is 15.8 Å². The van der Waals surface area contributed by atoms with E-state index in [0.29, 0.717) is 12.4 Å². The smallest absolute Gasteiger partial charge is 0.320 e. The minimum Gasteiger partial charge on any atom is -0.480 e. The Morgan fingerprint density at radius 2 is 1.88 bits per heavy atom. The third-order valence-electron chi connectivity index (χ3n) is 7.05. The van der Waals surface area contributed by atoms with Crippen LogP contribution in [0, 0.1) is 0 Å². The maximum absolute atomic E-state index is 11.9. The van der Waals surface area contributed by atoms with E-state index in [-0.39, 0.29) is 24.9 Å². The number of carbonyl (C=O) groups excluding carboxylic acids is 1. The lowest BCUT2D eigenvalue weighted by Crippen LogP contribution is -2.40. The van der Waals surface area contributed by atoms with E-state index >= 15 is 0 Å². The van der Waals surface area contributed by atoms with Crippen molar-refractivity contribution in [2.45, 2.75) is 77.0 Å². The van der Waals surface area contributed by atoms with Gasteiger partial charge in [-0.05, 0) is 47.6 Å². The zero-order valence-corrected chi connectivity index (χ0v) is 23.4. The van der Waals surface area contributed by atoms with Gasteiger partial charge in [-0.15, -0.1) is 10.2 Å². The Balaban J connectivity index is 1.27. The van der Waals surface area contributed by atoms with Crippen LogP contribution in [0.1, 0.15) is 63.9 Å². The first-order chi connectivity index (χ1) is 19.9. The first-order valence-electron chi connectivity index (χ1n) is 14.2. The first-order valence-corrected chi connectivity index (χ1v) is 14.2. The summed E-state index contributed by atoms with van der Waals surface area (Å²) in [7, 11) is 0. The molecule has 12 heteroatoms. The van der Waals surface area contributed by atoms with Crippen molar-refractivity contribution in [3.05, 3.63) is 54.1 Å². The molecule has 41 heavy (non-hydrogen) atoms. The van der Waals surface area contributed by atoms with Gasteiger partial charge in [-0.1, -0.05) is 68.3 Å². The molecule has 0 saturated carbocycles. The molecule has 0 spiro atoms. The topological polar surface area (TPSA) is 175 Å². The number of aliphatic imine (C=N–C) groups is 1. The number of tetrazole rings is 1. The highest BCUT2D eigenvalue weighted by molar-refractivity contribution is 5.83. The fourth-order valence-electron chi connectivity index (χ4n) is 4.73. The number of aromatic amines is 1. The summed E-state index contributed by atoms with van der Waals surface area (Å²) in [5.41, 5.74) is 13.2. The van der Waals surface area contributed by atoms with Gasteiger partial charge in [-0.2, -0.15) is 10.2 Å². The third kappa shape index (κ3) is 8.66. The number of amides is 1. The molecule has 1 aliphatic rings. The molecule has 0 fully saturated rings. The molecule has 1 aliphatic heterocycles. The van der Waals surface area contributed by atoms with Crippen LogP contribution in [0.3, 0.4) is 0 Å². The molecule has 0 saturated heterocycles. The number of carboxylic acid groups (broad SMARTS) is 1. The van der Waals surface area contributed by atoms with Crippen molar-refractivity contribution in [3.8, 4) is 22.5 Å². The summed E-state index contributed by atoms with van der Waals surface area (Å²) in [6.07, 6.45) is 6.01. The van der Waals surface area contributed by atoms with E-state index in [1.54, 1.807) is 0 Å². The number of aliphatic carboxylic acids is 1. The fourth-order valence-corrected chi connectivity index (χ4v) is 4.73. The van der Waals surface area contributed by atoms with Crippen LogP contribution < -0.4 is 16.5 Å². The summed E-state index contributed by atoms with van der Waals surface area (Å²) < 4.78 is 0. The maximum Gasteiger partial charge on any atom is 0.320 e. The molecule has 218 valence electrons. The minimum absolute atomic E-state index is 0.0849. The number of benzene rings is 2. The van der Waals surface area contributed by atoms with E-state index in [2.05, 4.69) is 73.6 Å². The number of nitrogens with zero attached hydrogens (tertiary/aromatic N) is 5. The van der Waals surface area contributed by atoms with Crippen molar-refractivity contribution in [2.75, 3.05) is 6.54 Å². The molecule has 2 aromatic carbocycles. The summed E-state index contributed by atoms with van der Waals surface area (Å²) >= 11 is 0. The molecular formula is C29H39N9O3. The van der Waals surface area contributed by atoms with Gasteiger partial charge in [0.15, 0.2) is 0 Å². The van der Waals surface area contributed by atoms with Crippen LogP contribution in [-0.2, 0) is 16.1 Å². The largest absolute Gasteiger partial charge is 0.480 e. The Morgan fingerprint density at radius 1 is 1.10 bits per heavy atom. The monoisotopic (exact) mass is 561 g/mol. The van der Waals surface area contributed by atoms with Crippen molar-refractivity contribution in [1.29, 1.82) is 0 Å². The molecule has 1 amide bonds. The van der Waals surface area contributed by atoms with Crippen LogP contribution in [0.4, 0.5) is 0 Å². The molecule has 1 aromatic heterocycles. The van der Waals surface area contributed by atoms with Crippen LogP contribution in [-0.4, -0.2) is 67.2 Å². The SMILES string of the molecule is CCCCC1N=C(CCCCNC(=O)CCC(N)C(=O)O)NN1Cc1ccc(-c2ccccc2-c2nn[nH]n2)cc1. The van der Waals surface area contributed by atoms with Crippen LogP contribution >= 0.6 is 0 Å². The molecular weight excluding hydrogens is 522 g/mol. The van der Waals surface area contributed by atoms with Gasteiger partial charge in [0.05, 0.1) is 0 Å². The zero-order valence-electron chi connectivity index (χ0n) is 23.4. The Hall–Kier alpha value is -4.16. The number of nitrogens with one attached hydrogen (secondary N) is 3. The molecule has 6 N–H and O–H groups in total. The number of hydrogen-bond acceptors (Lipinski definition) is 9. The number of carbonyl (C=O) groups is 2. The van der Waals surface area contributed by atoms with Crippen molar-refractivity contribution in [1.82, 2.24) is 36.4 Å². The number of carboxylic acids is 1. The number of unbranched alkanes of at least 4 members (excludes halogenated alkanes) is 2. The van der Waals surface area contributed by atoms with Crippen LogP contribution in [0.25, 0.3) is 22.5 Å². The second-order valence-corrected chi connectivity index (χ2v) is 10.2. The van der Waals surface area contributed by atoms with Gasteiger partial charge in [0.2, 0.25) is 11.7 Å². The lowest BCUT2D eigenvalue weighted by Gasteiger charge is -2.23. The molecule has 0 radical (unpaired) electrons. The third-order valence-corrected chi connectivity index (χ3v) is 7.05. The van der Waals surface area contributed by atoms with Crippen molar-refractivity contribution in [2.24, 2.45) is 10.7 Å². The number of hydrazine groups is 1. The van der Waals surface area contributed by atoms with Crippen LogP contribution in [0.2, 0.25) is 0 Å². The number of aromatic nitrogens is 4. The molecule has 4 rings (SSSR count). The van der Waals surface area contributed by atoms with Gasteiger partial charge < -0.3 is 21.6 Å². The highest BCUT2D eigenvalue weighted by Crippen LogP contribution is 2.30. The van der Waals surface area contributed by atoms with Gasteiger partial charge >= 0.3 is 5.97 Å². The minimum atomic E-state index is -1.09. The Morgan fingerprint density at radius 3 is 2.59 bits per heavy atom. The predicted octanol–water partition coefficient (Wildman–Crippen LogP) is 3.25. The molecule has 0 aliphatic carbocycles. The second-order valence-electron chi connectivity index (χ2n) is 10.2. The molecule has 2 unspecified atom stereocenters. The summed E-state index contributed by atoms with van der Waals surface area (Å²) in [6.45, 7) is 3.45. The predicted molar refractivity (Wildman–Crippen MR) is 156 cm³/mol. The summed E-state index contributed by atoms with van der Waals surface area (Å²) in [6, 6.07) is 15.5. The number of amidine groups is 1.